The molecule has 1 rings (SSSR count). The Morgan fingerprint density at radius 3 is 2.43 bits per heavy atom. The SMILES string of the molecule is CNCC(C)C(=O)N1CCN(C)CC1. The van der Waals surface area contributed by atoms with Gasteiger partial charge < -0.3 is 15.1 Å². The zero-order valence-corrected chi connectivity index (χ0v) is 9.42. The zero-order chi connectivity index (χ0) is 10.6. The smallest absolute Gasteiger partial charge is 0.226 e. The second-order valence-corrected chi connectivity index (χ2v) is 4.09. The molecule has 1 unspecified atom stereocenters. The fourth-order valence-electron chi connectivity index (χ4n) is 1.73. The first-order valence-corrected chi connectivity index (χ1v) is 5.27. The molecule has 0 bridgehead atoms. The summed E-state index contributed by atoms with van der Waals surface area (Å²) >= 11 is 0. The molecular formula is C10H21N3O. The molecule has 1 N–H and O–H groups in total. The lowest BCUT2D eigenvalue weighted by Gasteiger charge is -2.34. The molecule has 1 aliphatic heterocycles. The van der Waals surface area contributed by atoms with Crippen molar-refractivity contribution in [2.75, 3.05) is 46.8 Å². The zero-order valence-electron chi connectivity index (χ0n) is 9.42. The number of nitrogens with zero attached hydrogens (tertiary/aromatic N) is 2. The second kappa shape index (κ2) is 5.32. The summed E-state index contributed by atoms with van der Waals surface area (Å²) in [5, 5.41) is 3.04. The summed E-state index contributed by atoms with van der Waals surface area (Å²) < 4.78 is 0. The lowest BCUT2D eigenvalue weighted by Crippen LogP contribution is -2.49. The number of piperazine rings is 1. The van der Waals surface area contributed by atoms with Gasteiger partial charge in [0, 0.05) is 38.6 Å². The monoisotopic (exact) mass is 199 g/mol. The lowest BCUT2D eigenvalue weighted by atomic mass is 10.1. The van der Waals surface area contributed by atoms with Crippen molar-refractivity contribution in [1.29, 1.82) is 0 Å². The Kier molecular flexibility index (Phi) is 4.35. The van der Waals surface area contributed by atoms with Crippen molar-refractivity contribution in [3.8, 4) is 0 Å². The number of carbonyl (C=O) groups excluding carboxylic acids is 1. The summed E-state index contributed by atoms with van der Waals surface area (Å²) in [7, 11) is 3.98. The fraction of sp³-hybridized carbons (Fsp3) is 0.900. The molecule has 0 aromatic rings. The average Bonchev–Trinajstić information content (AvgIpc) is 2.18. The van der Waals surface area contributed by atoms with E-state index in [0.717, 1.165) is 32.7 Å². The van der Waals surface area contributed by atoms with E-state index in [1.165, 1.54) is 0 Å². The van der Waals surface area contributed by atoms with E-state index >= 15 is 0 Å². The first kappa shape index (κ1) is 11.5. The van der Waals surface area contributed by atoms with E-state index in [4.69, 9.17) is 0 Å². The molecule has 0 saturated carbocycles. The summed E-state index contributed by atoms with van der Waals surface area (Å²) in [6.07, 6.45) is 0. The normalized spacial score (nSPS) is 20.9. The van der Waals surface area contributed by atoms with E-state index in [2.05, 4.69) is 17.3 Å². The Labute approximate surface area is 86.2 Å². The van der Waals surface area contributed by atoms with Crippen LogP contribution in [0.2, 0.25) is 0 Å². The van der Waals surface area contributed by atoms with Crippen LogP contribution < -0.4 is 5.32 Å². The predicted octanol–water partition coefficient (Wildman–Crippen LogP) is -0.384. The minimum Gasteiger partial charge on any atom is -0.340 e. The van der Waals surface area contributed by atoms with Gasteiger partial charge in [-0.15, -0.1) is 0 Å². The van der Waals surface area contributed by atoms with Gasteiger partial charge in [0.1, 0.15) is 0 Å². The largest absolute Gasteiger partial charge is 0.340 e. The molecule has 1 amide bonds. The van der Waals surface area contributed by atoms with Gasteiger partial charge >= 0.3 is 0 Å². The topological polar surface area (TPSA) is 35.6 Å². The Bertz CT molecular complexity index is 188. The first-order valence-electron chi connectivity index (χ1n) is 5.27. The third-order valence-corrected chi connectivity index (χ3v) is 2.75. The molecule has 0 aromatic carbocycles. The van der Waals surface area contributed by atoms with Crippen LogP contribution in [0.3, 0.4) is 0 Å². The molecular weight excluding hydrogens is 178 g/mol. The maximum absolute atomic E-state index is 11.9. The van der Waals surface area contributed by atoms with Crippen LogP contribution in [-0.4, -0.2) is 62.5 Å². The molecule has 4 heteroatoms. The summed E-state index contributed by atoms with van der Waals surface area (Å²) in [5.41, 5.74) is 0. The van der Waals surface area contributed by atoms with Crippen LogP contribution in [0.5, 0.6) is 0 Å². The highest BCUT2D eigenvalue weighted by Crippen LogP contribution is 2.05. The van der Waals surface area contributed by atoms with E-state index in [-0.39, 0.29) is 11.8 Å². The molecule has 82 valence electrons. The Hall–Kier alpha value is -0.610. The van der Waals surface area contributed by atoms with Crippen LogP contribution in [0.4, 0.5) is 0 Å². The van der Waals surface area contributed by atoms with Crippen LogP contribution in [0.1, 0.15) is 6.92 Å². The maximum Gasteiger partial charge on any atom is 0.226 e. The quantitative estimate of drug-likeness (QED) is 0.673. The number of carbonyl (C=O) groups is 1. The molecule has 1 heterocycles. The number of rotatable bonds is 3. The molecule has 0 aromatic heterocycles. The van der Waals surface area contributed by atoms with Crippen molar-refractivity contribution in [2.24, 2.45) is 5.92 Å². The van der Waals surface area contributed by atoms with Gasteiger partial charge in [0.25, 0.3) is 0 Å². The van der Waals surface area contributed by atoms with Gasteiger partial charge in [0.2, 0.25) is 5.91 Å². The van der Waals surface area contributed by atoms with Crippen LogP contribution >= 0.6 is 0 Å². The molecule has 1 atom stereocenters. The molecule has 14 heavy (non-hydrogen) atoms. The Morgan fingerprint density at radius 1 is 1.36 bits per heavy atom. The highest BCUT2D eigenvalue weighted by Gasteiger charge is 2.22. The van der Waals surface area contributed by atoms with Crippen molar-refractivity contribution >= 4 is 5.91 Å². The molecule has 1 aliphatic rings. The summed E-state index contributed by atoms with van der Waals surface area (Å²) in [6, 6.07) is 0. The summed E-state index contributed by atoms with van der Waals surface area (Å²) in [6.45, 7) is 6.51. The van der Waals surface area contributed by atoms with E-state index in [0.29, 0.717) is 0 Å². The minimum atomic E-state index is 0.100. The highest BCUT2D eigenvalue weighted by atomic mass is 16.2. The lowest BCUT2D eigenvalue weighted by molar-refractivity contribution is -0.136. The van der Waals surface area contributed by atoms with Crippen LogP contribution in [0.15, 0.2) is 0 Å². The number of likely N-dealkylation sites (N-methyl/N-ethyl adjacent to an activating group) is 1. The van der Waals surface area contributed by atoms with E-state index in [1.807, 2.05) is 18.9 Å². The average molecular weight is 199 g/mol. The second-order valence-electron chi connectivity index (χ2n) is 4.09. The molecule has 4 nitrogen and oxygen atoms in total. The van der Waals surface area contributed by atoms with Gasteiger partial charge in [-0.05, 0) is 14.1 Å². The summed E-state index contributed by atoms with van der Waals surface area (Å²) in [5.74, 6) is 0.385. The number of amides is 1. The van der Waals surface area contributed by atoms with Crippen LogP contribution in [0.25, 0.3) is 0 Å². The van der Waals surface area contributed by atoms with Crippen molar-refractivity contribution in [2.45, 2.75) is 6.92 Å². The van der Waals surface area contributed by atoms with Crippen LogP contribution in [-0.2, 0) is 4.79 Å². The van der Waals surface area contributed by atoms with E-state index < -0.39 is 0 Å². The molecule has 0 radical (unpaired) electrons. The maximum atomic E-state index is 11.9. The Morgan fingerprint density at radius 2 is 1.93 bits per heavy atom. The molecule has 1 saturated heterocycles. The standard InChI is InChI=1S/C10H21N3O/c1-9(8-11-2)10(14)13-6-4-12(3)5-7-13/h9,11H,4-8H2,1-3H3. The van der Waals surface area contributed by atoms with Crippen molar-refractivity contribution in [3.63, 3.8) is 0 Å². The van der Waals surface area contributed by atoms with Crippen molar-refractivity contribution in [1.82, 2.24) is 15.1 Å². The van der Waals surface area contributed by atoms with Gasteiger partial charge in [-0.3, -0.25) is 4.79 Å². The van der Waals surface area contributed by atoms with Crippen LogP contribution in [0, 0.1) is 5.92 Å². The third kappa shape index (κ3) is 2.96. The highest BCUT2D eigenvalue weighted by molar-refractivity contribution is 5.78. The number of hydrogen-bond donors (Lipinski definition) is 1. The number of hydrogen-bond acceptors (Lipinski definition) is 3. The van der Waals surface area contributed by atoms with Gasteiger partial charge in [-0.2, -0.15) is 0 Å². The van der Waals surface area contributed by atoms with Gasteiger partial charge in [-0.25, -0.2) is 0 Å². The van der Waals surface area contributed by atoms with E-state index in [9.17, 15) is 4.79 Å². The number of nitrogens with one attached hydrogen (secondary N) is 1. The Balaban J connectivity index is 2.37. The first-order chi connectivity index (χ1) is 6.65. The van der Waals surface area contributed by atoms with Gasteiger partial charge in [0.05, 0.1) is 0 Å². The molecule has 1 fully saturated rings. The minimum absolute atomic E-state index is 0.100. The fourth-order valence-corrected chi connectivity index (χ4v) is 1.73. The van der Waals surface area contributed by atoms with Gasteiger partial charge in [0.15, 0.2) is 0 Å². The van der Waals surface area contributed by atoms with E-state index in [1.54, 1.807) is 0 Å². The summed E-state index contributed by atoms with van der Waals surface area (Å²) in [4.78, 5) is 16.1. The van der Waals surface area contributed by atoms with Crippen molar-refractivity contribution in [3.05, 3.63) is 0 Å². The van der Waals surface area contributed by atoms with Gasteiger partial charge in [-0.1, -0.05) is 6.92 Å². The van der Waals surface area contributed by atoms with Crippen molar-refractivity contribution < 1.29 is 4.79 Å². The molecule has 0 aliphatic carbocycles. The predicted molar refractivity (Wildman–Crippen MR) is 57.2 cm³/mol. The third-order valence-electron chi connectivity index (χ3n) is 2.75. The molecule has 0 spiro atoms.